The molecule has 0 bridgehead atoms. The fourth-order valence-electron chi connectivity index (χ4n) is 3.33. The molecule has 0 aliphatic carbocycles. The zero-order valence-electron chi connectivity index (χ0n) is 17.5. The maximum atomic E-state index is 12.3. The fourth-order valence-corrected chi connectivity index (χ4v) is 3.33. The highest BCUT2D eigenvalue weighted by Crippen LogP contribution is 2.16. The lowest BCUT2D eigenvalue weighted by molar-refractivity contribution is -0.132. The number of amides is 1. The maximum absolute atomic E-state index is 12.3. The number of guanidine groups is 1. The number of ether oxygens (including phenoxy) is 1. The van der Waals surface area contributed by atoms with Crippen LogP contribution in [0.2, 0.25) is 0 Å². The van der Waals surface area contributed by atoms with Crippen molar-refractivity contribution in [3.05, 3.63) is 0 Å². The number of carbonyl (C=O) groups is 1. The van der Waals surface area contributed by atoms with Crippen molar-refractivity contribution in [1.82, 2.24) is 15.5 Å². The monoisotopic (exact) mass is 368 g/mol. The number of carbonyl (C=O) groups excluding carboxylic acids is 1. The van der Waals surface area contributed by atoms with Crippen molar-refractivity contribution in [2.75, 3.05) is 39.3 Å². The summed E-state index contributed by atoms with van der Waals surface area (Å²) in [5, 5.41) is 6.54. The van der Waals surface area contributed by atoms with Crippen molar-refractivity contribution < 1.29 is 9.53 Å². The van der Waals surface area contributed by atoms with Gasteiger partial charge in [-0.2, -0.15) is 0 Å². The maximum Gasteiger partial charge on any atom is 0.224 e. The van der Waals surface area contributed by atoms with Crippen molar-refractivity contribution in [2.24, 2.45) is 16.8 Å². The second kappa shape index (κ2) is 13.0. The van der Waals surface area contributed by atoms with E-state index in [2.05, 4.69) is 43.3 Å². The van der Waals surface area contributed by atoms with Gasteiger partial charge in [0, 0.05) is 45.8 Å². The molecule has 2 unspecified atom stereocenters. The molecule has 1 amide bonds. The average molecular weight is 369 g/mol. The lowest BCUT2D eigenvalue weighted by Gasteiger charge is -2.31. The smallest absolute Gasteiger partial charge is 0.224 e. The molecule has 26 heavy (non-hydrogen) atoms. The van der Waals surface area contributed by atoms with Gasteiger partial charge in [0.1, 0.15) is 0 Å². The molecule has 1 heterocycles. The van der Waals surface area contributed by atoms with Crippen LogP contribution in [0, 0.1) is 11.8 Å². The van der Waals surface area contributed by atoms with E-state index in [1.807, 2.05) is 11.8 Å². The van der Waals surface area contributed by atoms with Crippen LogP contribution in [0.5, 0.6) is 0 Å². The van der Waals surface area contributed by atoms with Crippen LogP contribution in [0.4, 0.5) is 0 Å². The molecule has 0 aromatic carbocycles. The zero-order chi connectivity index (χ0) is 19.4. The molecule has 2 atom stereocenters. The Kier molecular flexibility index (Phi) is 11.3. The summed E-state index contributed by atoms with van der Waals surface area (Å²) in [5.41, 5.74) is 0. The molecule has 1 aliphatic rings. The van der Waals surface area contributed by atoms with Crippen LogP contribution in [0.3, 0.4) is 0 Å². The van der Waals surface area contributed by atoms with Gasteiger partial charge in [0.05, 0.1) is 6.10 Å². The number of hydrogen-bond acceptors (Lipinski definition) is 3. The van der Waals surface area contributed by atoms with Crippen LogP contribution in [-0.2, 0) is 9.53 Å². The number of piperidine rings is 1. The van der Waals surface area contributed by atoms with E-state index >= 15 is 0 Å². The molecule has 2 N–H and O–H groups in total. The second-order valence-corrected chi connectivity index (χ2v) is 7.55. The first kappa shape index (κ1) is 22.7. The summed E-state index contributed by atoms with van der Waals surface area (Å²) in [4.78, 5) is 19.0. The molecule has 152 valence electrons. The molecule has 1 rings (SSSR count). The van der Waals surface area contributed by atoms with Gasteiger partial charge in [-0.05, 0) is 44.9 Å². The van der Waals surface area contributed by atoms with Gasteiger partial charge in [-0.3, -0.25) is 9.79 Å². The Balaban J connectivity index is 2.38. The lowest BCUT2D eigenvalue weighted by Crippen LogP contribution is -2.42. The minimum Gasteiger partial charge on any atom is -0.378 e. The highest BCUT2D eigenvalue weighted by molar-refractivity contribution is 5.81. The Bertz CT molecular complexity index is 426. The Labute approximate surface area is 160 Å². The summed E-state index contributed by atoms with van der Waals surface area (Å²) in [6, 6.07) is 0. The van der Waals surface area contributed by atoms with Gasteiger partial charge in [-0.15, -0.1) is 0 Å². The average Bonchev–Trinajstić information content (AvgIpc) is 2.60. The summed E-state index contributed by atoms with van der Waals surface area (Å²) >= 11 is 0. The van der Waals surface area contributed by atoms with Crippen molar-refractivity contribution >= 4 is 11.9 Å². The fraction of sp³-hybridized carbons (Fsp3) is 0.900. The van der Waals surface area contributed by atoms with E-state index in [9.17, 15) is 4.79 Å². The standard InChI is InChI=1S/C20H40N4O2/c1-6-21-20(22-12-10-18(16(3)4)26-7-2)23-13-11-19(25)24-14-8-9-17(5)15-24/h16-18H,6-15H2,1-5H3,(H2,21,22,23). The van der Waals surface area contributed by atoms with Gasteiger partial charge >= 0.3 is 0 Å². The summed E-state index contributed by atoms with van der Waals surface area (Å²) < 4.78 is 5.77. The zero-order valence-corrected chi connectivity index (χ0v) is 17.5. The van der Waals surface area contributed by atoms with E-state index in [0.717, 1.165) is 51.6 Å². The van der Waals surface area contributed by atoms with Gasteiger partial charge in [-0.25, -0.2) is 0 Å². The van der Waals surface area contributed by atoms with E-state index in [-0.39, 0.29) is 12.0 Å². The van der Waals surface area contributed by atoms with Gasteiger partial charge in [-0.1, -0.05) is 20.8 Å². The summed E-state index contributed by atoms with van der Waals surface area (Å²) in [6.07, 6.45) is 4.03. The summed E-state index contributed by atoms with van der Waals surface area (Å²) in [6.45, 7) is 15.4. The first-order chi connectivity index (χ1) is 12.5. The molecule has 6 nitrogen and oxygen atoms in total. The molecule has 6 heteroatoms. The molecule has 1 aliphatic heterocycles. The first-order valence-corrected chi connectivity index (χ1v) is 10.4. The number of rotatable bonds is 10. The number of likely N-dealkylation sites (tertiary alicyclic amines) is 1. The minimum absolute atomic E-state index is 0.245. The van der Waals surface area contributed by atoms with Crippen LogP contribution in [0.25, 0.3) is 0 Å². The third-order valence-corrected chi connectivity index (χ3v) is 4.79. The number of nitrogens with zero attached hydrogens (tertiary/aromatic N) is 2. The summed E-state index contributed by atoms with van der Waals surface area (Å²) in [5.74, 6) is 2.14. The predicted molar refractivity (Wildman–Crippen MR) is 108 cm³/mol. The molecule has 0 radical (unpaired) electrons. The van der Waals surface area contributed by atoms with Crippen LogP contribution >= 0.6 is 0 Å². The number of nitrogens with one attached hydrogen (secondary N) is 2. The molecule has 0 aromatic rings. The van der Waals surface area contributed by atoms with E-state index in [0.29, 0.717) is 24.8 Å². The van der Waals surface area contributed by atoms with Crippen LogP contribution in [0.1, 0.15) is 60.3 Å². The quantitative estimate of drug-likeness (QED) is 0.460. The van der Waals surface area contributed by atoms with Crippen molar-refractivity contribution in [1.29, 1.82) is 0 Å². The number of hydrogen-bond donors (Lipinski definition) is 2. The largest absolute Gasteiger partial charge is 0.378 e. The highest BCUT2D eigenvalue weighted by atomic mass is 16.5. The van der Waals surface area contributed by atoms with Crippen molar-refractivity contribution in [3.8, 4) is 0 Å². The lowest BCUT2D eigenvalue weighted by atomic mass is 10.00. The molecule has 0 spiro atoms. The second-order valence-electron chi connectivity index (χ2n) is 7.55. The van der Waals surface area contributed by atoms with Crippen LogP contribution in [0.15, 0.2) is 4.99 Å². The normalized spacial score (nSPS) is 19.5. The van der Waals surface area contributed by atoms with Crippen molar-refractivity contribution in [3.63, 3.8) is 0 Å². The molecule has 0 saturated carbocycles. The highest BCUT2D eigenvalue weighted by Gasteiger charge is 2.20. The van der Waals surface area contributed by atoms with Gasteiger partial charge in [0.25, 0.3) is 0 Å². The molecular formula is C20H40N4O2. The van der Waals surface area contributed by atoms with E-state index in [4.69, 9.17) is 4.74 Å². The van der Waals surface area contributed by atoms with Crippen LogP contribution in [-0.4, -0.2) is 62.2 Å². The Morgan fingerprint density at radius 3 is 2.69 bits per heavy atom. The number of aliphatic imine (C=N–C) groups is 1. The van der Waals surface area contributed by atoms with Gasteiger partial charge in [0.2, 0.25) is 5.91 Å². The topological polar surface area (TPSA) is 66.0 Å². The Morgan fingerprint density at radius 1 is 1.31 bits per heavy atom. The minimum atomic E-state index is 0.245. The third kappa shape index (κ3) is 8.88. The molecule has 1 saturated heterocycles. The first-order valence-electron chi connectivity index (χ1n) is 10.4. The SMILES string of the molecule is CCNC(=NCCC(OCC)C(C)C)NCCC(=O)N1CCCC(C)C1. The van der Waals surface area contributed by atoms with Gasteiger partial charge in [0.15, 0.2) is 5.96 Å². The molecular weight excluding hydrogens is 328 g/mol. The third-order valence-electron chi connectivity index (χ3n) is 4.79. The molecule has 0 aromatic heterocycles. The molecule has 1 fully saturated rings. The van der Waals surface area contributed by atoms with Gasteiger partial charge < -0.3 is 20.3 Å². The van der Waals surface area contributed by atoms with E-state index in [1.165, 1.54) is 6.42 Å². The summed E-state index contributed by atoms with van der Waals surface area (Å²) in [7, 11) is 0. The Hall–Kier alpha value is -1.30. The Morgan fingerprint density at radius 2 is 2.08 bits per heavy atom. The predicted octanol–water partition coefficient (Wildman–Crippen LogP) is 2.64. The van der Waals surface area contributed by atoms with Crippen molar-refractivity contribution in [2.45, 2.75) is 66.4 Å². The van der Waals surface area contributed by atoms with Crippen LogP contribution < -0.4 is 10.6 Å². The van der Waals surface area contributed by atoms with E-state index < -0.39 is 0 Å². The van der Waals surface area contributed by atoms with E-state index in [1.54, 1.807) is 0 Å².